The van der Waals surface area contributed by atoms with Crippen LogP contribution in [0.3, 0.4) is 0 Å². The molecule has 0 saturated heterocycles. The summed E-state index contributed by atoms with van der Waals surface area (Å²) in [6.45, 7) is 9.43. The van der Waals surface area contributed by atoms with Crippen molar-refractivity contribution < 1.29 is 19.4 Å². The summed E-state index contributed by atoms with van der Waals surface area (Å²) in [5, 5.41) is 14.1. The van der Waals surface area contributed by atoms with Gasteiger partial charge >= 0.3 is 6.09 Å². The van der Waals surface area contributed by atoms with Crippen LogP contribution in [0.25, 0.3) is 0 Å². The molecule has 5 heteroatoms. The summed E-state index contributed by atoms with van der Waals surface area (Å²) in [4.78, 5) is 25.6. The Morgan fingerprint density at radius 3 is 1.97 bits per heavy atom. The van der Waals surface area contributed by atoms with Gasteiger partial charge in [0.25, 0.3) is 0 Å². The Morgan fingerprint density at radius 1 is 0.941 bits per heavy atom. The predicted molar refractivity (Wildman–Crippen MR) is 137 cm³/mol. The van der Waals surface area contributed by atoms with E-state index in [-0.39, 0.29) is 18.1 Å². The van der Waals surface area contributed by atoms with E-state index in [4.69, 9.17) is 4.74 Å². The molecule has 1 amide bonds. The van der Waals surface area contributed by atoms with E-state index in [1.54, 1.807) is 26.8 Å². The fraction of sp³-hybridized carbons (Fsp3) is 0.448. The minimum absolute atomic E-state index is 0.0210. The molecular formula is C29H39NO4. The molecule has 2 aromatic rings. The first-order chi connectivity index (χ1) is 16.0. The molecule has 0 aliphatic carbocycles. The lowest BCUT2D eigenvalue weighted by atomic mass is 9.86. The molecule has 2 rings (SSSR count). The molecule has 2 aromatic carbocycles. The molecule has 0 aromatic heterocycles. The molecule has 0 radical (unpaired) electrons. The number of alkyl carbamates (subject to hydrolysis) is 1. The highest BCUT2D eigenvalue weighted by Gasteiger charge is 2.29. The quantitative estimate of drug-likeness (QED) is 0.429. The molecular weight excluding hydrogens is 426 g/mol. The topological polar surface area (TPSA) is 75.6 Å². The Bertz CT molecular complexity index is 916. The first-order valence-corrected chi connectivity index (χ1v) is 12.0. The van der Waals surface area contributed by atoms with Gasteiger partial charge in [-0.2, -0.15) is 0 Å². The number of rotatable bonds is 11. The Hall–Kier alpha value is -2.92. The van der Waals surface area contributed by atoms with E-state index in [0.717, 1.165) is 11.1 Å². The summed E-state index contributed by atoms with van der Waals surface area (Å²) in [7, 11) is 0. The zero-order valence-corrected chi connectivity index (χ0v) is 21.0. The van der Waals surface area contributed by atoms with Crippen molar-refractivity contribution in [2.45, 2.75) is 71.6 Å². The van der Waals surface area contributed by atoms with Gasteiger partial charge in [-0.1, -0.05) is 80.6 Å². The summed E-state index contributed by atoms with van der Waals surface area (Å²) >= 11 is 0. The van der Waals surface area contributed by atoms with Gasteiger partial charge < -0.3 is 15.2 Å². The van der Waals surface area contributed by atoms with E-state index in [9.17, 15) is 14.7 Å². The van der Waals surface area contributed by atoms with Gasteiger partial charge in [0.1, 0.15) is 5.60 Å². The molecule has 0 fully saturated rings. The molecule has 0 saturated carbocycles. The molecule has 0 aliphatic rings. The minimum Gasteiger partial charge on any atom is -0.444 e. The third-order valence-corrected chi connectivity index (χ3v) is 5.36. The number of amides is 1. The van der Waals surface area contributed by atoms with E-state index in [2.05, 4.69) is 5.32 Å². The van der Waals surface area contributed by atoms with Crippen LogP contribution in [0.15, 0.2) is 72.8 Å². The van der Waals surface area contributed by atoms with Gasteiger partial charge in [0.05, 0.1) is 12.1 Å². The number of carbonyl (C=O) groups excluding carboxylic acids is 2. The average Bonchev–Trinajstić information content (AvgIpc) is 2.76. The lowest BCUT2D eigenvalue weighted by molar-refractivity contribution is -0.119. The molecule has 0 heterocycles. The summed E-state index contributed by atoms with van der Waals surface area (Å²) in [6, 6.07) is 18.9. The fourth-order valence-electron chi connectivity index (χ4n) is 3.69. The Labute approximate surface area is 204 Å². The van der Waals surface area contributed by atoms with Crippen LogP contribution in [-0.2, 0) is 22.4 Å². The van der Waals surface area contributed by atoms with Gasteiger partial charge in [0.2, 0.25) is 0 Å². The maximum Gasteiger partial charge on any atom is 0.407 e. The normalized spacial score (nSPS) is 14.6. The number of allylic oxidation sites excluding steroid dienone is 2. The second-order valence-electron chi connectivity index (χ2n) is 10.1. The van der Waals surface area contributed by atoms with Crippen molar-refractivity contribution >= 4 is 11.9 Å². The molecule has 3 atom stereocenters. The number of hydrogen-bond acceptors (Lipinski definition) is 4. The molecule has 0 spiro atoms. The predicted octanol–water partition coefficient (Wildman–Crippen LogP) is 5.51. The molecule has 34 heavy (non-hydrogen) atoms. The molecule has 0 bridgehead atoms. The molecule has 5 nitrogen and oxygen atoms in total. The SMILES string of the molecule is CC(C)/C=C/C(=O)[C@H](Cc1ccccc1)C[C@H](O)[C@H](Cc1ccccc1)NC(=O)OC(C)(C)C. The van der Waals surface area contributed by atoms with E-state index in [1.165, 1.54) is 0 Å². The highest BCUT2D eigenvalue weighted by Crippen LogP contribution is 2.20. The van der Waals surface area contributed by atoms with Crippen molar-refractivity contribution in [1.29, 1.82) is 0 Å². The summed E-state index contributed by atoms with van der Waals surface area (Å²) in [5.41, 5.74) is 1.36. The molecule has 184 valence electrons. The van der Waals surface area contributed by atoms with Crippen molar-refractivity contribution in [2.75, 3.05) is 0 Å². The largest absolute Gasteiger partial charge is 0.444 e. The maximum absolute atomic E-state index is 13.1. The first-order valence-electron chi connectivity index (χ1n) is 12.0. The van der Waals surface area contributed by atoms with Gasteiger partial charge in [-0.05, 0) is 63.2 Å². The first kappa shape index (κ1) is 27.3. The van der Waals surface area contributed by atoms with Crippen LogP contribution in [0, 0.1) is 11.8 Å². The third kappa shape index (κ3) is 10.3. The number of benzene rings is 2. The fourth-order valence-corrected chi connectivity index (χ4v) is 3.69. The van der Waals surface area contributed by atoms with Gasteiger partial charge in [0.15, 0.2) is 5.78 Å². The van der Waals surface area contributed by atoms with Crippen molar-refractivity contribution in [3.05, 3.63) is 83.9 Å². The number of ether oxygens (including phenoxy) is 1. The maximum atomic E-state index is 13.1. The van der Waals surface area contributed by atoms with Gasteiger partial charge in [-0.3, -0.25) is 4.79 Å². The van der Waals surface area contributed by atoms with Crippen LogP contribution < -0.4 is 5.32 Å². The lowest BCUT2D eigenvalue weighted by Crippen LogP contribution is -2.47. The van der Waals surface area contributed by atoms with Gasteiger partial charge in [-0.25, -0.2) is 4.79 Å². The zero-order chi connectivity index (χ0) is 25.1. The van der Waals surface area contributed by atoms with Crippen molar-refractivity contribution in [3.8, 4) is 0 Å². The average molecular weight is 466 g/mol. The summed E-state index contributed by atoms with van der Waals surface area (Å²) < 4.78 is 5.43. The standard InChI is InChI=1S/C29H39NO4/c1-21(2)16-17-26(31)24(18-22-12-8-6-9-13-22)20-27(32)25(19-23-14-10-7-11-15-23)30-28(33)34-29(3,4)5/h6-17,21,24-25,27,32H,18-20H2,1-5H3,(H,30,33)/b17-16+/t24-,25+,27+/m1/s1. The molecule has 0 aliphatic heterocycles. The Balaban J connectivity index is 2.23. The summed E-state index contributed by atoms with van der Waals surface area (Å²) in [6.07, 6.45) is 3.16. The second kappa shape index (κ2) is 13.1. The number of aliphatic hydroxyl groups excluding tert-OH is 1. The third-order valence-electron chi connectivity index (χ3n) is 5.36. The van der Waals surface area contributed by atoms with Crippen molar-refractivity contribution in [2.24, 2.45) is 11.8 Å². The smallest absolute Gasteiger partial charge is 0.407 e. The number of hydrogen-bond donors (Lipinski definition) is 2. The number of ketones is 1. The summed E-state index contributed by atoms with van der Waals surface area (Å²) in [5.74, 6) is -0.177. The van der Waals surface area contributed by atoms with E-state index in [1.807, 2.05) is 80.6 Å². The van der Waals surface area contributed by atoms with Crippen molar-refractivity contribution in [3.63, 3.8) is 0 Å². The van der Waals surface area contributed by atoms with Crippen LogP contribution in [0.4, 0.5) is 4.79 Å². The monoisotopic (exact) mass is 465 g/mol. The van der Waals surface area contributed by atoms with E-state index >= 15 is 0 Å². The lowest BCUT2D eigenvalue weighted by Gasteiger charge is -2.28. The van der Waals surface area contributed by atoms with Crippen LogP contribution in [0.1, 0.15) is 52.2 Å². The Morgan fingerprint density at radius 2 is 1.47 bits per heavy atom. The highest BCUT2D eigenvalue weighted by molar-refractivity contribution is 5.92. The molecule has 0 unspecified atom stereocenters. The van der Waals surface area contributed by atoms with E-state index in [0.29, 0.717) is 12.8 Å². The van der Waals surface area contributed by atoms with Gasteiger partial charge in [0, 0.05) is 5.92 Å². The van der Waals surface area contributed by atoms with Crippen LogP contribution in [-0.4, -0.2) is 34.7 Å². The van der Waals surface area contributed by atoms with Crippen molar-refractivity contribution in [1.82, 2.24) is 5.32 Å². The second-order valence-corrected chi connectivity index (χ2v) is 10.1. The van der Waals surface area contributed by atoms with Gasteiger partial charge in [-0.15, -0.1) is 0 Å². The Kier molecular flexibility index (Phi) is 10.5. The number of nitrogens with one attached hydrogen (secondary N) is 1. The molecule has 2 N–H and O–H groups in total. The van der Waals surface area contributed by atoms with Crippen LogP contribution >= 0.6 is 0 Å². The van der Waals surface area contributed by atoms with Crippen LogP contribution in [0.2, 0.25) is 0 Å². The number of carbonyl (C=O) groups is 2. The highest BCUT2D eigenvalue weighted by atomic mass is 16.6. The minimum atomic E-state index is -0.933. The zero-order valence-electron chi connectivity index (χ0n) is 21.0. The van der Waals surface area contributed by atoms with Crippen LogP contribution in [0.5, 0.6) is 0 Å². The number of aliphatic hydroxyl groups is 1. The van der Waals surface area contributed by atoms with E-state index < -0.39 is 29.8 Å².